The first-order chi connectivity index (χ1) is 9.61. The Morgan fingerprint density at radius 2 is 1.81 bits per heavy atom. The van der Waals surface area contributed by atoms with Gasteiger partial charge in [0, 0.05) is 44.0 Å². The smallest absolute Gasteiger partial charge is 0.222 e. The van der Waals surface area contributed by atoms with Crippen molar-refractivity contribution >= 4 is 30.1 Å². The van der Waals surface area contributed by atoms with Crippen molar-refractivity contribution in [2.75, 3.05) is 32.4 Å². The Hall–Kier alpha value is -0.850. The first kappa shape index (κ1) is 18.2. The third-order valence-electron chi connectivity index (χ3n) is 3.64. The van der Waals surface area contributed by atoms with Gasteiger partial charge in [0.05, 0.1) is 0 Å². The molecule has 118 valence electrons. The average Bonchev–Trinajstić information content (AvgIpc) is 2.46. The van der Waals surface area contributed by atoms with E-state index in [1.54, 1.807) is 11.8 Å². The molecule has 21 heavy (non-hydrogen) atoms. The summed E-state index contributed by atoms with van der Waals surface area (Å²) in [5.74, 6) is 0.235. The number of nitrogens with one attached hydrogen (secondary N) is 1. The molecular formula is C14H23ClN4OS. The zero-order chi connectivity index (χ0) is 14.5. The molecule has 1 aliphatic heterocycles. The molecule has 1 N–H and O–H groups in total. The van der Waals surface area contributed by atoms with Gasteiger partial charge in [0.15, 0.2) is 5.16 Å². The molecule has 2 rings (SSSR count). The summed E-state index contributed by atoms with van der Waals surface area (Å²) >= 11 is 1.55. The van der Waals surface area contributed by atoms with Gasteiger partial charge in [-0.25, -0.2) is 9.97 Å². The molecule has 1 aromatic rings. The van der Waals surface area contributed by atoms with Crippen molar-refractivity contribution in [3.63, 3.8) is 0 Å². The van der Waals surface area contributed by atoms with E-state index < -0.39 is 0 Å². The predicted octanol–water partition coefficient (Wildman–Crippen LogP) is 1.60. The molecule has 0 bridgehead atoms. The molecule has 0 atom stereocenters. The van der Waals surface area contributed by atoms with Crippen LogP contribution < -0.4 is 5.32 Å². The lowest BCUT2D eigenvalue weighted by atomic mass is 10.1. The maximum atomic E-state index is 12.2. The van der Waals surface area contributed by atoms with Crippen LogP contribution in [0.15, 0.2) is 5.16 Å². The molecule has 2 heterocycles. The number of rotatable bonds is 4. The summed E-state index contributed by atoms with van der Waals surface area (Å²) in [5.41, 5.74) is 3.11. The largest absolute Gasteiger partial charge is 0.340 e. The second kappa shape index (κ2) is 8.56. The number of nitrogens with zero attached hydrogens (tertiary/aromatic N) is 3. The third kappa shape index (κ3) is 4.83. The van der Waals surface area contributed by atoms with Gasteiger partial charge in [0.1, 0.15) is 0 Å². The van der Waals surface area contributed by atoms with Crippen LogP contribution in [0, 0.1) is 13.8 Å². The molecule has 0 aliphatic carbocycles. The van der Waals surface area contributed by atoms with Crippen LogP contribution in [-0.2, 0) is 11.2 Å². The van der Waals surface area contributed by atoms with Crippen LogP contribution >= 0.6 is 24.2 Å². The van der Waals surface area contributed by atoms with Crippen molar-refractivity contribution < 1.29 is 4.79 Å². The van der Waals surface area contributed by atoms with E-state index in [9.17, 15) is 4.79 Å². The Morgan fingerprint density at radius 1 is 1.24 bits per heavy atom. The number of thioether (sulfide) groups is 1. The van der Waals surface area contributed by atoms with Gasteiger partial charge in [-0.05, 0) is 32.1 Å². The van der Waals surface area contributed by atoms with Crippen LogP contribution in [0.25, 0.3) is 0 Å². The topological polar surface area (TPSA) is 58.1 Å². The number of hydrogen-bond donors (Lipinski definition) is 1. The minimum Gasteiger partial charge on any atom is -0.340 e. The molecule has 5 nitrogen and oxygen atoms in total. The van der Waals surface area contributed by atoms with Crippen LogP contribution in [0.2, 0.25) is 0 Å². The summed E-state index contributed by atoms with van der Waals surface area (Å²) in [5, 5.41) is 4.06. The molecule has 0 radical (unpaired) electrons. The van der Waals surface area contributed by atoms with E-state index in [0.717, 1.165) is 54.7 Å². The van der Waals surface area contributed by atoms with Gasteiger partial charge in [-0.1, -0.05) is 11.8 Å². The highest BCUT2D eigenvalue weighted by Crippen LogP contribution is 2.17. The molecule has 1 aliphatic rings. The molecule has 1 fully saturated rings. The van der Waals surface area contributed by atoms with Crippen LogP contribution in [-0.4, -0.2) is 53.2 Å². The molecule has 1 amide bonds. The number of piperazine rings is 1. The van der Waals surface area contributed by atoms with E-state index in [0.29, 0.717) is 6.42 Å². The van der Waals surface area contributed by atoms with E-state index in [2.05, 4.69) is 15.3 Å². The number of carbonyl (C=O) groups is 1. The van der Waals surface area contributed by atoms with Gasteiger partial charge < -0.3 is 10.2 Å². The van der Waals surface area contributed by atoms with Gasteiger partial charge >= 0.3 is 0 Å². The van der Waals surface area contributed by atoms with Crippen molar-refractivity contribution in [3.8, 4) is 0 Å². The Morgan fingerprint density at radius 3 is 2.33 bits per heavy atom. The monoisotopic (exact) mass is 330 g/mol. The van der Waals surface area contributed by atoms with Gasteiger partial charge in [0.25, 0.3) is 0 Å². The standard InChI is InChI=1S/C14H22N4OS.ClH/c1-10-12(11(2)17-14(16-10)20-3)4-5-13(19)18-8-6-15-7-9-18;/h15H,4-9H2,1-3H3;1H. The lowest BCUT2D eigenvalue weighted by molar-refractivity contribution is -0.131. The summed E-state index contributed by atoms with van der Waals surface area (Å²) in [6, 6.07) is 0. The van der Waals surface area contributed by atoms with Crippen LogP contribution in [0.5, 0.6) is 0 Å². The maximum Gasteiger partial charge on any atom is 0.222 e. The minimum atomic E-state index is 0. The normalized spacial score (nSPS) is 14.7. The highest BCUT2D eigenvalue weighted by Gasteiger charge is 2.17. The Kier molecular flexibility index (Phi) is 7.42. The van der Waals surface area contributed by atoms with Crippen molar-refractivity contribution in [1.82, 2.24) is 20.2 Å². The Bertz CT molecular complexity index is 469. The van der Waals surface area contributed by atoms with Gasteiger partial charge in [-0.3, -0.25) is 4.79 Å². The molecule has 7 heteroatoms. The van der Waals surface area contributed by atoms with E-state index >= 15 is 0 Å². The van der Waals surface area contributed by atoms with Gasteiger partial charge in [-0.15, -0.1) is 12.4 Å². The summed E-state index contributed by atoms with van der Waals surface area (Å²) in [7, 11) is 0. The number of aromatic nitrogens is 2. The summed E-state index contributed by atoms with van der Waals surface area (Å²) in [6.07, 6.45) is 3.25. The second-order valence-corrected chi connectivity index (χ2v) is 5.76. The third-order valence-corrected chi connectivity index (χ3v) is 4.19. The first-order valence-corrected chi connectivity index (χ1v) is 8.21. The van der Waals surface area contributed by atoms with E-state index in [4.69, 9.17) is 0 Å². The SMILES string of the molecule is CSc1nc(C)c(CCC(=O)N2CCNCC2)c(C)n1.Cl. The molecular weight excluding hydrogens is 308 g/mol. The van der Waals surface area contributed by atoms with Crippen LogP contribution in [0.1, 0.15) is 23.4 Å². The lowest BCUT2D eigenvalue weighted by Gasteiger charge is -2.27. The maximum absolute atomic E-state index is 12.2. The Balaban J connectivity index is 0.00000220. The van der Waals surface area contributed by atoms with Crippen molar-refractivity contribution in [1.29, 1.82) is 0 Å². The number of hydrogen-bond acceptors (Lipinski definition) is 5. The zero-order valence-corrected chi connectivity index (χ0v) is 14.4. The fourth-order valence-corrected chi connectivity index (χ4v) is 2.92. The lowest BCUT2D eigenvalue weighted by Crippen LogP contribution is -2.46. The van der Waals surface area contributed by atoms with Crippen LogP contribution in [0.4, 0.5) is 0 Å². The molecule has 1 aromatic heterocycles. The minimum absolute atomic E-state index is 0. The fourth-order valence-electron chi connectivity index (χ4n) is 2.47. The van der Waals surface area contributed by atoms with Crippen LogP contribution in [0.3, 0.4) is 0 Å². The fraction of sp³-hybridized carbons (Fsp3) is 0.643. The van der Waals surface area contributed by atoms with E-state index in [1.165, 1.54) is 0 Å². The predicted molar refractivity (Wildman–Crippen MR) is 88.3 cm³/mol. The molecule has 1 saturated heterocycles. The quantitative estimate of drug-likeness (QED) is 0.671. The molecule has 0 aromatic carbocycles. The van der Waals surface area contributed by atoms with Crippen molar-refractivity contribution in [2.45, 2.75) is 31.8 Å². The number of carbonyl (C=O) groups excluding carboxylic acids is 1. The van der Waals surface area contributed by atoms with E-state index in [1.807, 2.05) is 25.0 Å². The number of amides is 1. The summed E-state index contributed by atoms with van der Waals surface area (Å²) in [6.45, 7) is 7.43. The first-order valence-electron chi connectivity index (χ1n) is 6.98. The highest BCUT2D eigenvalue weighted by atomic mass is 35.5. The van der Waals surface area contributed by atoms with E-state index in [-0.39, 0.29) is 18.3 Å². The number of halogens is 1. The molecule has 0 saturated carbocycles. The number of aryl methyl sites for hydroxylation is 2. The zero-order valence-electron chi connectivity index (χ0n) is 12.8. The molecule has 0 unspecified atom stereocenters. The highest BCUT2D eigenvalue weighted by molar-refractivity contribution is 7.98. The summed E-state index contributed by atoms with van der Waals surface area (Å²) in [4.78, 5) is 23.0. The van der Waals surface area contributed by atoms with Gasteiger partial charge in [0.2, 0.25) is 5.91 Å². The summed E-state index contributed by atoms with van der Waals surface area (Å²) < 4.78 is 0. The molecule has 0 spiro atoms. The van der Waals surface area contributed by atoms with Crippen molar-refractivity contribution in [2.24, 2.45) is 0 Å². The second-order valence-electron chi connectivity index (χ2n) is 4.99. The Labute approximate surface area is 136 Å². The van der Waals surface area contributed by atoms with Crippen molar-refractivity contribution in [3.05, 3.63) is 17.0 Å². The van der Waals surface area contributed by atoms with Gasteiger partial charge in [-0.2, -0.15) is 0 Å². The average molecular weight is 331 g/mol.